The molecule has 0 radical (unpaired) electrons. The van der Waals surface area contributed by atoms with Gasteiger partial charge in [0.2, 0.25) is 0 Å². The first kappa shape index (κ1) is 55.9. The van der Waals surface area contributed by atoms with E-state index in [1.807, 2.05) is 19.1 Å². The molecule has 0 aromatic carbocycles. The minimum absolute atomic E-state index is 0.107. The number of aliphatic hydroxyl groups is 10. The molecule has 3 aliphatic rings. The lowest BCUT2D eigenvalue weighted by Gasteiger charge is -2.45. The van der Waals surface area contributed by atoms with Gasteiger partial charge in [0.1, 0.15) is 18.1 Å². The molecule has 2 fully saturated rings. The highest BCUT2D eigenvalue weighted by Crippen LogP contribution is 2.38. The predicted molar refractivity (Wildman–Crippen MR) is 237 cm³/mol. The van der Waals surface area contributed by atoms with Crippen LogP contribution < -0.4 is 5.73 Å². The monoisotopic (exact) mass is 923 g/mol. The Bertz CT molecular complexity index is 1670. The molecule has 18 nitrogen and oxygen atoms in total. The SMILES string of the molecule is CC1OC(O[C@H]2/C=C/C=C/C=C/C=C/C=C/C=C/C=C/[C@H](C)[C@@H](O)[C@@H](C)C(C)OC(=O)C[C@H](O)C[C@H](O)CC[C@@H](O)[C@H](O)C[C@H](O)C[C@]3(O)C[C@H](O)[C@@H](C(=O)O)[C@H](C2)O3)C(O)C(N)C1O. The molecule has 0 aromatic heterocycles. The van der Waals surface area contributed by atoms with Gasteiger partial charge in [-0.05, 0) is 33.1 Å². The number of hydrogen-bond acceptors (Lipinski definition) is 17. The highest BCUT2D eigenvalue weighted by Gasteiger charge is 2.51. The molecule has 3 heterocycles. The highest BCUT2D eigenvalue weighted by molar-refractivity contribution is 5.71. The van der Waals surface area contributed by atoms with Crippen LogP contribution >= 0.6 is 0 Å². The summed E-state index contributed by atoms with van der Waals surface area (Å²) in [6.45, 7) is 6.74. The normalized spacial score (nSPS) is 45.5. The van der Waals surface area contributed by atoms with Crippen molar-refractivity contribution >= 4 is 11.9 Å². The minimum Gasteiger partial charge on any atom is -0.481 e. The van der Waals surface area contributed by atoms with Crippen LogP contribution in [0.3, 0.4) is 0 Å². The van der Waals surface area contributed by atoms with Crippen LogP contribution in [0.1, 0.15) is 79.1 Å². The van der Waals surface area contributed by atoms with Crippen molar-refractivity contribution in [1.82, 2.24) is 0 Å². The molecule has 0 aliphatic carbocycles. The number of carboxylic acid groups (broad SMARTS) is 1. The number of aliphatic carboxylic acids is 1. The average molecular weight is 924 g/mol. The summed E-state index contributed by atoms with van der Waals surface area (Å²) < 4.78 is 23.1. The number of rotatable bonds is 3. The van der Waals surface area contributed by atoms with Gasteiger partial charge in [0, 0.05) is 37.5 Å². The van der Waals surface area contributed by atoms with Crippen molar-refractivity contribution in [2.45, 2.75) is 177 Å². The van der Waals surface area contributed by atoms with E-state index in [2.05, 4.69) is 0 Å². The highest BCUT2D eigenvalue weighted by atomic mass is 16.7. The molecule has 2 bridgehead atoms. The fourth-order valence-corrected chi connectivity index (χ4v) is 7.97. The van der Waals surface area contributed by atoms with Gasteiger partial charge in [0.25, 0.3) is 0 Å². The number of ether oxygens (including phenoxy) is 4. The van der Waals surface area contributed by atoms with Crippen molar-refractivity contribution in [3.63, 3.8) is 0 Å². The average Bonchev–Trinajstić information content (AvgIpc) is 3.21. The zero-order chi connectivity index (χ0) is 48.4. The number of carbonyl (C=O) groups is 2. The predicted octanol–water partition coefficient (Wildman–Crippen LogP) is 0.712. The maximum Gasteiger partial charge on any atom is 0.311 e. The van der Waals surface area contributed by atoms with Gasteiger partial charge in [-0.15, -0.1) is 0 Å². The first-order chi connectivity index (χ1) is 30.6. The second-order valence-electron chi connectivity index (χ2n) is 17.6. The number of allylic oxidation sites excluding steroid dienone is 12. The molecule has 3 aliphatic heterocycles. The Hall–Kier alpha value is -3.44. The van der Waals surface area contributed by atoms with Gasteiger partial charge in [0.05, 0.1) is 79.6 Å². The molecule has 13 N–H and O–H groups in total. The van der Waals surface area contributed by atoms with E-state index in [9.17, 15) is 65.8 Å². The van der Waals surface area contributed by atoms with Crippen LogP contribution in [0.4, 0.5) is 0 Å². The number of hydrogen-bond donors (Lipinski definition) is 12. The van der Waals surface area contributed by atoms with E-state index < -0.39 is 147 Å². The van der Waals surface area contributed by atoms with E-state index in [0.717, 1.165) is 0 Å². The van der Waals surface area contributed by atoms with Gasteiger partial charge in [0.15, 0.2) is 12.1 Å². The van der Waals surface area contributed by atoms with Gasteiger partial charge in [-0.3, -0.25) is 9.59 Å². The minimum atomic E-state index is -2.33. The molecular weight excluding hydrogens is 851 g/mol. The summed E-state index contributed by atoms with van der Waals surface area (Å²) in [5, 5.41) is 118. The molecule has 65 heavy (non-hydrogen) atoms. The van der Waals surface area contributed by atoms with Crippen molar-refractivity contribution in [1.29, 1.82) is 0 Å². The number of carbonyl (C=O) groups excluding carboxylic acids is 1. The van der Waals surface area contributed by atoms with Crippen LogP contribution in [0.5, 0.6) is 0 Å². The number of esters is 1. The summed E-state index contributed by atoms with van der Waals surface area (Å²) in [6, 6.07) is -1.15. The van der Waals surface area contributed by atoms with Crippen LogP contribution in [-0.4, -0.2) is 166 Å². The van der Waals surface area contributed by atoms with Gasteiger partial charge in [-0.2, -0.15) is 0 Å². The molecule has 0 spiro atoms. The van der Waals surface area contributed by atoms with Gasteiger partial charge in [-0.1, -0.05) is 98.9 Å². The molecule has 18 heteroatoms. The van der Waals surface area contributed by atoms with Crippen LogP contribution in [0, 0.1) is 17.8 Å². The summed E-state index contributed by atoms with van der Waals surface area (Å²) in [4.78, 5) is 25.1. The van der Waals surface area contributed by atoms with Crippen LogP contribution in [0.15, 0.2) is 85.1 Å². The van der Waals surface area contributed by atoms with Gasteiger partial charge in [-0.25, -0.2) is 0 Å². The Balaban J connectivity index is 1.86. The number of aliphatic hydroxyl groups excluding tert-OH is 9. The summed E-state index contributed by atoms with van der Waals surface area (Å²) in [6.07, 6.45) is 3.46. The summed E-state index contributed by atoms with van der Waals surface area (Å²) in [5.41, 5.74) is 6.02. The molecule has 6 unspecified atom stereocenters. The van der Waals surface area contributed by atoms with Crippen molar-refractivity contribution in [2.75, 3.05) is 0 Å². The topological polar surface area (TPSA) is 320 Å². The molecule has 0 amide bonds. The van der Waals surface area contributed by atoms with E-state index in [-0.39, 0.29) is 31.6 Å². The van der Waals surface area contributed by atoms with Crippen molar-refractivity contribution in [2.24, 2.45) is 23.5 Å². The third kappa shape index (κ3) is 18.6. The maximum absolute atomic E-state index is 12.6. The first-order valence-electron chi connectivity index (χ1n) is 22.3. The standard InChI is InChI=1S/C47H73NO17/c1-27-17-15-13-11-9-7-5-6-8-10-12-14-16-18-34(64-46-44(58)41(48)43(57)30(4)63-46)24-38-40(45(59)60)37(54)26-47(61,65-38)25-33(51)22-36(53)35(52)20-19-31(49)21-32(50)23-39(55)62-29(3)28(2)42(27)56/h5-18,27-38,40-44,46,49-54,56-58,61H,19-26,48H2,1-4H3,(H,59,60)/b6-5+,9-7+,10-8+,13-11+,14-12+,17-15+,18-16+/t27-,28-,29?,30?,31+,32+,33-,34-,35+,36+,37-,38-,40+,41?,42+,43?,44?,46?,47+/m0/s1. The van der Waals surface area contributed by atoms with Crippen molar-refractivity contribution in [3.05, 3.63) is 85.1 Å². The van der Waals surface area contributed by atoms with E-state index >= 15 is 0 Å². The van der Waals surface area contributed by atoms with Crippen molar-refractivity contribution in [3.8, 4) is 0 Å². The number of nitrogens with two attached hydrogens (primary N) is 1. The third-order valence-corrected chi connectivity index (χ3v) is 12.0. The van der Waals surface area contributed by atoms with Crippen molar-refractivity contribution < 1.29 is 84.7 Å². The lowest BCUT2D eigenvalue weighted by atomic mass is 9.82. The number of fused-ring (bicyclic) bond motifs is 2. The van der Waals surface area contributed by atoms with Crippen LogP contribution in [0.2, 0.25) is 0 Å². The Morgan fingerprint density at radius 1 is 0.662 bits per heavy atom. The lowest BCUT2D eigenvalue weighted by molar-refractivity contribution is -0.308. The Morgan fingerprint density at radius 3 is 1.82 bits per heavy atom. The molecule has 0 saturated carbocycles. The maximum atomic E-state index is 12.6. The molecule has 368 valence electrons. The second-order valence-corrected chi connectivity index (χ2v) is 17.6. The van der Waals surface area contributed by atoms with Crippen LogP contribution in [0.25, 0.3) is 0 Å². The fourth-order valence-electron chi connectivity index (χ4n) is 7.97. The number of cyclic esters (lactones) is 1. The zero-order valence-electron chi connectivity index (χ0n) is 37.6. The summed E-state index contributed by atoms with van der Waals surface area (Å²) >= 11 is 0. The third-order valence-electron chi connectivity index (χ3n) is 12.0. The largest absolute Gasteiger partial charge is 0.481 e. The Kier molecular flexibility index (Phi) is 23.6. The molecule has 0 aromatic rings. The van der Waals surface area contributed by atoms with Gasteiger partial charge >= 0.3 is 11.9 Å². The van der Waals surface area contributed by atoms with E-state index in [4.69, 9.17) is 24.7 Å². The zero-order valence-corrected chi connectivity index (χ0v) is 37.6. The van der Waals surface area contributed by atoms with Crippen LogP contribution in [-0.2, 0) is 28.5 Å². The molecule has 2 saturated heterocycles. The molecule has 19 atom stereocenters. The van der Waals surface area contributed by atoms with Gasteiger partial charge < -0.3 is 80.9 Å². The summed E-state index contributed by atoms with van der Waals surface area (Å²) in [7, 11) is 0. The number of carboxylic acids is 1. The first-order valence-corrected chi connectivity index (χ1v) is 22.3. The smallest absolute Gasteiger partial charge is 0.311 e. The van der Waals surface area contributed by atoms with E-state index in [1.54, 1.807) is 80.7 Å². The van der Waals surface area contributed by atoms with E-state index in [0.29, 0.717) is 0 Å². The Morgan fingerprint density at radius 2 is 1.23 bits per heavy atom. The lowest BCUT2D eigenvalue weighted by Crippen LogP contribution is -2.61. The molecule has 3 rings (SSSR count). The second kappa shape index (κ2) is 27.4. The summed E-state index contributed by atoms with van der Waals surface area (Å²) in [5.74, 6) is -6.83. The quantitative estimate of drug-likeness (QED) is 0.174. The van der Waals surface area contributed by atoms with E-state index in [1.165, 1.54) is 13.0 Å². The fraction of sp³-hybridized carbons (Fsp3) is 0.660. The molecular formula is C47H73NO17. The Labute approximate surface area is 381 Å².